The number of hydrogen-bond acceptors (Lipinski definition) is 7. The van der Waals surface area contributed by atoms with Crippen molar-refractivity contribution in [3.8, 4) is 17.2 Å². The molecule has 0 unspecified atom stereocenters. The van der Waals surface area contributed by atoms with Crippen LogP contribution in [0.15, 0.2) is 58.9 Å². The van der Waals surface area contributed by atoms with Crippen LogP contribution in [0.2, 0.25) is 5.02 Å². The largest absolute Gasteiger partial charge is 0.493 e. The van der Waals surface area contributed by atoms with Gasteiger partial charge in [0, 0.05) is 34.3 Å². The van der Waals surface area contributed by atoms with E-state index >= 15 is 0 Å². The van der Waals surface area contributed by atoms with Crippen molar-refractivity contribution in [1.29, 1.82) is 0 Å². The lowest BCUT2D eigenvalue weighted by molar-refractivity contribution is -0.138. The van der Waals surface area contributed by atoms with E-state index in [0.717, 1.165) is 11.3 Å². The number of halogens is 1. The van der Waals surface area contributed by atoms with E-state index in [1.165, 1.54) is 21.3 Å². The third kappa shape index (κ3) is 4.67. The van der Waals surface area contributed by atoms with Gasteiger partial charge in [0.2, 0.25) is 5.75 Å². The van der Waals surface area contributed by atoms with E-state index in [1.54, 1.807) is 19.1 Å². The van der Waals surface area contributed by atoms with Crippen molar-refractivity contribution in [2.45, 2.75) is 38.5 Å². The maximum Gasteiger partial charge on any atom is 0.336 e. The van der Waals surface area contributed by atoms with E-state index in [2.05, 4.69) is 5.32 Å². The number of nitrogens with one attached hydrogen (secondary N) is 1. The molecular weight excluding hydrogens is 482 g/mol. The van der Waals surface area contributed by atoms with E-state index < -0.39 is 11.9 Å². The number of esters is 1. The molecule has 0 fully saturated rings. The molecule has 0 spiro atoms. The zero-order valence-electron chi connectivity index (χ0n) is 21.1. The Kier molecular flexibility index (Phi) is 7.59. The van der Waals surface area contributed by atoms with Gasteiger partial charge in [-0.15, -0.1) is 0 Å². The predicted molar refractivity (Wildman–Crippen MR) is 137 cm³/mol. The molecule has 2 aliphatic rings. The fraction of sp³-hybridized carbons (Fsp3) is 0.357. The second-order valence-electron chi connectivity index (χ2n) is 8.75. The summed E-state index contributed by atoms with van der Waals surface area (Å²) in [5, 5.41) is 4.00. The first-order valence-corrected chi connectivity index (χ1v) is 12.2. The molecule has 2 aromatic carbocycles. The highest BCUT2D eigenvalue weighted by molar-refractivity contribution is 6.30. The van der Waals surface area contributed by atoms with Gasteiger partial charge in [0.1, 0.15) is 0 Å². The first-order chi connectivity index (χ1) is 17.3. The van der Waals surface area contributed by atoms with Gasteiger partial charge in [-0.25, -0.2) is 4.79 Å². The van der Waals surface area contributed by atoms with Crippen LogP contribution in [0.1, 0.15) is 49.7 Å². The molecule has 0 saturated carbocycles. The van der Waals surface area contributed by atoms with E-state index in [0.29, 0.717) is 57.5 Å². The summed E-state index contributed by atoms with van der Waals surface area (Å²) in [6.07, 6.45) is 0.940. The minimum atomic E-state index is -0.646. The normalized spacial score (nSPS) is 19.4. The Morgan fingerprint density at radius 1 is 1.00 bits per heavy atom. The van der Waals surface area contributed by atoms with Crippen LogP contribution in [-0.4, -0.2) is 39.7 Å². The van der Waals surface area contributed by atoms with E-state index in [4.69, 9.17) is 30.5 Å². The molecule has 4 rings (SSSR count). The van der Waals surface area contributed by atoms with Crippen molar-refractivity contribution in [2.75, 3.05) is 27.9 Å². The second-order valence-corrected chi connectivity index (χ2v) is 9.18. The minimum absolute atomic E-state index is 0.00134. The maximum atomic E-state index is 13.7. The van der Waals surface area contributed by atoms with Gasteiger partial charge in [-0.05, 0) is 61.6 Å². The Bertz CT molecular complexity index is 1220. The number of ether oxygens (including phenoxy) is 4. The Balaban J connectivity index is 1.87. The van der Waals surface area contributed by atoms with Crippen LogP contribution < -0.4 is 19.5 Å². The summed E-state index contributed by atoms with van der Waals surface area (Å²) in [5.74, 6) is 0.165. The summed E-state index contributed by atoms with van der Waals surface area (Å²) in [7, 11) is 4.59. The topological polar surface area (TPSA) is 83.1 Å². The van der Waals surface area contributed by atoms with Crippen molar-refractivity contribution in [1.82, 2.24) is 5.32 Å². The average Bonchev–Trinajstić information content (AvgIpc) is 2.87. The zero-order chi connectivity index (χ0) is 26.0. The van der Waals surface area contributed by atoms with Crippen LogP contribution in [0.3, 0.4) is 0 Å². The molecule has 2 aromatic rings. The Labute approximate surface area is 216 Å². The number of hydrogen-bond donors (Lipinski definition) is 1. The summed E-state index contributed by atoms with van der Waals surface area (Å²) in [6, 6.07) is 11.2. The smallest absolute Gasteiger partial charge is 0.336 e. The number of allylic oxidation sites excluding steroid dienone is 3. The van der Waals surface area contributed by atoms with Crippen molar-refractivity contribution in [3.05, 3.63) is 75.1 Å². The van der Waals surface area contributed by atoms with Gasteiger partial charge in [0.25, 0.3) is 0 Å². The van der Waals surface area contributed by atoms with Crippen LogP contribution in [0, 0.1) is 0 Å². The van der Waals surface area contributed by atoms with E-state index in [1.807, 2.05) is 31.2 Å². The lowest BCUT2D eigenvalue weighted by Gasteiger charge is -2.37. The SMILES string of the molecule is CCOC(=O)C1=C(C)NC2=C(C(=O)C[C@H](c3ccc(Cl)cc3)C2)[C@H]1c1cc(OC)c(OC)c(OC)c1. The Morgan fingerprint density at radius 2 is 1.64 bits per heavy atom. The van der Waals surface area contributed by atoms with Crippen molar-refractivity contribution >= 4 is 23.4 Å². The minimum Gasteiger partial charge on any atom is -0.493 e. The average molecular weight is 512 g/mol. The molecule has 0 amide bonds. The molecule has 1 aliphatic heterocycles. The molecule has 7 nitrogen and oxygen atoms in total. The van der Waals surface area contributed by atoms with Crippen molar-refractivity contribution in [2.24, 2.45) is 0 Å². The van der Waals surface area contributed by atoms with Crippen LogP contribution in [0.25, 0.3) is 0 Å². The van der Waals surface area contributed by atoms with Gasteiger partial charge >= 0.3 is 5.97 Å². The Morgan fingerprint density at radius 3 is 2.19 bits per heavy atom. The summed E-state index contributed by atoms with van der Waals surface area (Å²) in [4.78, 5) is 26.9. The number of rotatable bonds is 7. The van der Waals surface area contributed by atoms with Crippen LogP contribution >= 0.6 is 11.6 Å². The van der Waals surface area contributed by atoms with Crippen molar-refractivity contribution < 1.29 is 28.5 Å². The second kappa shape index (κ2) is 10.7. The number of carbonyl (C=O) groups is 2. The highest BCUT2D eigenvalue weighted by atomic mass is 35.5. The van der Waals surface area contributed by atoms with Crippen LogP contribution in [0.5, 0.6) is 17.2 Å². The third-order valence-corrected chi connectivity index (χ3v) is 6.94. The molecule has 190 valence electrons. The third-order valence-electron chi connectivity index (χ3n) is 6.68. The van der Waals surface area contributed by atoms with Crippen molar-refractivity contribution in [3.63, 3.8) is 0 Å². The number of dihydropyridines is 1. The molecule has 2 atom stereocenters. The van der Waals surface area contributed by atoms with Crippen LogP contribution in [0.4, 0.5) is 0 Å². The molecule has 0 saturated heterocycles. The molecule has 1 N–H and O–H groups in total. The van der Waals surface area contributed by atoms with E-state index in [-0.39, 0.29) is 18.3 Å². The maximum absolute atomic E-state index is 13.7. The summed E-state index contributed by atoms with van der Waals surface area (Å²) < 4.78 is 22.0. The standard InChI is InChI=1S/C28H30ClNO6/c1-6-36-28(32)24-15(2)30-20-11-17(16-7-9-19(29)10-8-16)12-21(31)26(20)25(24)18-13-22(33-3)27(35-5)23(14-18)34-4/h7-10,13-14,17,25,30H,6,11-12H2,1-5H3/t17-,25+/m1/s1. The number of Topliss-reactive ketones (excluding diaryl/α,β-unsaturated/α-hetero) is 1. The fourth-order valence-electron chi connectivity index (χ4n) is 5.09. The number of carbonyl (C=O) groups excluding carboxylic acids is 2. The zero-order valence-corrected chi connectivity index (χ0v) is 21.8. The Hall–Kier alpha value is -3.45. The molecule has 8 heteroatoms. The lowest BCUT2D eigenvalue weighted by Crippen LogP contribution is -2.36. The molecular formula is C28H30ClNO6. The van der Waals surface area contributed by atoms with Gasteiger partial charge in [-0.3, -0.25) is 4.79 Å². The lowest BCUT2D eigenvalue weighted by atomic mass is 9.71. The number of ketones is 1. The summed E-state index contributed by atoms with van der Waals surface area (Å²) >= 11 is 6.07. The van der Waals surface area contributed by atoms with Gasteiger partial charge < -0.3 is 24.3 Å². The first kappa shape index (κ1) is 25.6. The van der Waals surface area contributed by atoms with Gasteiger partial charge in [0.15, 0.2) is 17.3 Å². The highest BCUT2D eigenvalue weighted by Crippen LogP contribution is 2.49. The molecule has 0 radical (unpaired) electrons. The molecule has 0 bridgehead atoms. The fourth-order valence-corrected chi connectivity index (χ4v) is 5.22. The molecule has 36 heavy (non-hydrogen) atoms. The predicted octanol–water partition coefficient (Wildman–Crippen LogP) is 5.29. The first-order valence-electron chi connectivity index (χ1n) is 11.8. The molecule has 0 aromatic heterocycles. The van der Waals surface area contributed by atoms with Gasteiger partial charge in [0.05, 0.1) is 33.5 Å². The summed E-state index contributed by atoms with van der Waals surface area (Å²) in [6.45, 7) is 3.80. The number of methoxy groups -OCH3 is 3. The highest BCUT2D eigenvalue weighted by Gasteiger charge is 2.42. The van der Waals surface area contributed by atoms with Gasteiger partial charge in [-0.2, -0.15) is 0 Å². The molecule has 1 heterocycles. The molecule has 1 aliphatic carbocycles. The number of benzene rings is 2. The summed E-state index contributed by atoms with van der Waals surface area (Å²) in [5.41, 5.74) is 4.12. The van der Waals surface area contributed by atoms with E-state index in [9.17, 15) is 9.59 Å². The van der Waals surface area contributed by atoms with Gasteiger partial charge in [-0.1, -0.05) is 23.7 Å². The van der Waals surface area contributed by atoms with Crippen LogP contribution in [-0.2, 0) is 14.3 Å². The quantitative estimate of drug-likeness (QED) is 0.505. The monoisotopic (exact) mass is 511 g/mol.